The molecule has 0 N–H and O–H groups in total. The van der Waals surface area contributed by atoms with Gasteiger partial charge in [-0.25, -0.2) is 0 Å². The van der Waals surface area contributed by atoms with Gasteiger partial charge in [0.2, 0.25) is 0 Å². The quantitative estimate of drug-likeness (QED) is 0.556. The Morgan fingerprint density at radius 1 is 0.700 bits per heavy atom. The minimum atomic E-state index is 1.14. The first-order valence-corrected chi connectivity index (χ1v) is 6.71. The summed E-state index contributed by atoms with van der Waals surface area (Å²) in [4.78, 5) is 0. The van der Waals surface area contributed by atoms with Crippen LogP contribution < -0.4 is 0 Å². The van der Waals surface area contributed by atoms with Crippen LogP contribution in [0.1, 0.15) is 11.1 Å². The summed E-state index contributed by atoms with van der Waals surface area (Å²) in [7, 11) is 0. The first-order chi connectivity index (χ1) is 9.85. The third-order valence-corrected chi connectivity index (χ3v) is 3.62. The van der Waals surface area contributed by atoms with Crippen molar-refractivity contribution in [2.24, 2.45) is 0 Å². The molecule has 0 spiro atoms. The monoisotopic (exact) mass is 256 g/mol. The van der Waals surface area contributed by atoms with E-state index in [1.54, 1.807) is 0 Å². The second-order valence-corrected chi connectivity index (χ2v) is 4.75. The molecule has 20 heavy (non-hydrogen) atoms. The maximum Gasteiger partial charge on any atom is -0.00992 e. The van der Waals surface area contributed by atoms with Crippen LogP contribution in [0.5, 0.6) is 0 Å². The third kappa shape index (κ3) is 1.96. The first kappa shape index (κ1) is 12.4. The van der Waals surface area contributed by atoms with Crippen molar-refractivity contribution in [1.29, 1.82) is 0 Å². The molecule has 0 heterocycles. The maximum absolute atomic E-state index is 3.98. The average molecular weight is 256 g/mol. The first-order valence-electron chi connectivity index (χ1n) is 6.71. The van der Waals surface area contributed by atoms with E-state index < -0.39 is 0 Å². The summed E-state index contributed by atoms with van der Waals surface area (Å²) in [6.45, 7) is 7.96. The molecule has 0 amide bonds. The molecule has 3 aromatic rings. The molecule has 96 valence electrons. The van der Waals surface area contributed by atoms with Gasteiger partial charge in [0.25, 0.3) is 0 Å². The Kier molecular flexibility index (Phi) is 3.22. The summed E-state index contributed by atoms with van der Waals surface area (Å²) in [6, 6.07) is 21.0. The largest absolute Gasteiger partial charge is 0.0984 e. The lowest BCUT2D eigenvalue weighted by molar-refractivity contribution is 1.60. The molecule has 0 atom stereocenters. The van der Waals surface area contributed by atoms with Gasteiger partial charge in [-0.3, -0.25) is 0 Å². The van der Waals surface area contributed by atoms with Crippen LogP contribution in [0.4, 0.5) is 0 Å². The lowest BCUT2D eigenvalue weighted by atomic mass is 9.90. The van der Waals surface area contributed by atoms with E-state index in [2.05, 4.69) is 67.8 Å². The van der Waals surface area contributed by atoms with Crippen LogP contribution in [0.3, 0.4) is 0 Å². The molecule has 0 saturated heterocycles. The van der Waals surface area contributed by atoms with Crippen LogP contribution in [0.15, 0.2) is 73.8 Å². The number of hydrogen-bond acceptors (Lipinski definition) is 0. The molecule has 0 radical (unpaired) electrons. The fourth-order valence-electron chi connectivity index (χ4n) is 2.69. The standard InChI is InChI=1S/C20H16/c1-3-17-18(4-2)20(15-10-6-5-7-11-15)14-16-12-8-9-13-19(16)17/h3-14H,1-2H2. The highest BCUT2D eigenvalue weighted by Gasteiger charge is 2.10. The maximum atomic E-state index is 3.98. The Bertz CT molecular complexity index is 780. The molecule has 0 aliphatic carbocycles. The molecule has 0 unspecified atom stereocenters. The number of hydrogen-bond donors (Lipinski definition) is 0. The average Bonchev–Trinajstić information content (AvgIpc) is 2.53. The number of fused-ring (bicyclic) bond motifs is 1. The molecular formula is C20H16. The molecule has 0 aliphatic heterocycles. The topological polar surface area (TPSA) is 0 Å². The molecule has 0 heteroatoms. The minimum absolute atomic E-state index is 1.14. The van der Waals surface area contributed by atoms with E-state index >= 15 is 0 Å². The van der Waals surface area contributed by atoms with Gasteiger partial charge < -0.3 is 0 Å². The predicted octanol–water partition coefficient (Wildman–Crippen LogP) is 5.79. The zero-order chi connectivity index (χ0) is 13.9. The predicted molar refractivity (Wildman–Crippen MR) is 89.6 cm³/mol. The Labute approximate surface area is 119 Å². The molecule has 3 aromatic carbocycles. The molecule has 0 aliphatic rings. The van der Waals surface area contributed by atoms with Gasteiger partial charge in [-0.15, -0.1) is 0 Å². The van der Waals surface area contributed by atoms with Gasteiger partial charge in [0, 0.05) is 0 Å². The summed E-state index contributed by atoms with van der Waals surface area (Å²) in [5, 5.41) is 2.45. The summed E-state index contributed by atoms with van der Waals surface area (Å²) in [6.07, 6.45) is 3.84. The van der Waals surface area contributed by atoms with E-state index in [0.717, 1.165) is 11.1 Å². The fraction of sp³-hybridized carbons (Fsp3) is 0. The van der Waals surface area contributed by atoms with Crippen molar-refractivity contribution in [3.8, 4) is 11.1 Å². The smallest absolute Gasteiger partial charge is 0.00992 e. The Morgan fingerprint density at radius 3 is 2.05 bits per heavy atom. The minimum Gasteiger partial charge on any atom is -0.0984 e. The SMILES string of the molecule is C=Cc1c(-c2ccccc2)cc2ccccc2c1C=C. The van der Waals surface area contributed by atoms with Crippen LogP contribution in [0.25, 0.3) is 34.1 Å². The number of benzene rings is 3. The molecule has 0 nitrogen and oxygen atoms in total. The van der Waals surface area contributed by atoms with Crippen LogP contribution in [0, 0.1) is 0 Å². The zero-order valence-corrected chi connectivity index (χ0v) is 11.3. The van der Waals surface area contributed by atoms with E-state index in [9.17, 15) is 0 Å². The van der Waals surface area contributed by atoms with E-state index in [1.165, 1.54) is 21.9 Å². The van der Waals surface area contributed by atoms with Gasteiger partial charge in [-0.2, -0.15) is 0 Å². The van der Waals surface area contributed by atoms with Crippen LogP contribution >= 0.6 is 0 Å². The Hall–Kier alpha value is -2.60. The van der Waals surface area contributed by atoms with E-state index in [-0.39, 0.29) is 0 Å². The van der Waals surface area contributed by atoms with Crippen LogP contribution in [-0.2, 0) is 0 Å². The van der Waals surface area contributed by atoms with Gasteiger partial charge in [-0.05, 0) is 39.1 Å². The van der Waals surface area contributed by atoms with Crippen molar-refractivity contribution < 1.29 is 0 Å². The lowest BCUT2D eigenvalue weighted by Gasteiger charge is -2.13. The Morgan fingerprint density at radius 2 is 1.35 bits per heavy atom. The summed E-state index contributed by atoms with van der Waals surface area (Å²) in [5.74, 6) is 0. The highest BCUT2D eigenvalue weighted by Crippen LogP contribution is 2.34. The van der Waals surface area contributed by atoms with Crippen molar-refractivity contribution in [2.75, 3.05) is 0 Å². The van der Waals surface area contributed by atoms with Gasteiger partial charge in [0.15, 0.2) is 0 Å². The normalized spacial score (nSPS) is 10.4. The molecule has 3 rings (SSSR count). The second kappa shape index (κ2) is 5.18. The van der Waals surface area contributed by atoms with Crippen molar-refractivity contribution in [3.63, 3.8) is 0 Å². The third-order valence-electron chi connectivity index (χ3n) is 3.62. The molecule has 0 aromatic heterocycles. The summed E-state index contributed by atoms with van der Waals surface area (Å²) in [5.41, 5.74) is 4.70. The van der Waals surface area contributed by atoms with Crippen LogP contribution in [0.2, 0.25) is 0 Å². The lowest BCUT2D eigenvalue weighted by Crippen LogP contribution is -1.90. The second-order valence-electron chi connectivity index (χ2n) is 4.75. The van der Waals surface area contributed by atoms with Crippen molar-refractivity contribution >= 4 is 22.9 Å². The van der Waals surface area contributed by atoms with E-state index in [0.29, 0.717) is 0 Å². The van der Waals surface area contributed by atoms with Crippen molar-refractivity contribution in [3.05, 3.63) is 84.9 Å². The number of rotatable bonds is 3. The van der Waals surface area contributed by atoms with Gasteiger partial charge in [0.1, 0.15) is 0 Å². The molecule has 0 bridgehead atoms. The molecule has 0 saturated carbocycles. The van der Waals surface area contributed by atoms with E-state index in [4.69, 9.17) is 0 Å². The van der Waals surface area contributed by atoms with Gasteiger partial charge in [-0.1, -0.05) is 79.9 Å². The summed E-state index contributed by atoms with van der Waals surface area (Å²) >= 11 is 0. The highest BCUT2D eigenvalue weighted by atomic mass is 14.1. The van der Waals surface area contributed by atoms with Gasteiger partial charge >= 0.3 is 0 Å². The highest BCUT2D eigenvalue weighted by molar-refractivity contribution is 5.99. The molecular weight excluding hydrogens is 240 g/mol. The van der Waals surface area contributed by atoms with Gasteiger partial charge in [0.05, 0.1) is 0 Å². The van der Waals surface area contributed by atoms with Crippen molar-refractivity contribution in [2.45, 2.75) is 0 Å². The Balaban J connectivity index is 2.43. The zero-order valence-electron chi connectivity index (χ0n) is 11.3. The fourth-order valence-corrected chi connectivity index (χ4v) is 2.69. The molecule has 0 fully saturated rings. The van der Waals surface area contributed by atoms with Crippen LogP contribution in [-0.4, -0.2) is 0 Å². The van der Waals surface area contributed by atoms with Crippen molar-refractivity contribution in [1.82, 2.24) is 0 Å². The van der Waals surface area contributed by atoms with E-state index in [1.807, 2.05) is 18.2 Å². The summed E-state index contributed by atoms with van der Waals surface area (Å²) < 4.78 is 0.